The van der Waals surface area contributed by atoms with Crippen molar-refractivity contribution in [3.8, 4) is 5.75 Å². The average molecular weight is 264 g/mol. The number of likely N-dealkylation sites (tertiary alicyclic amines) is 1. The number of ether oxygens (including phenoxy) is 1. The number of nitrogens with two attached hydrogens (primary N) is 1. The SMILES string of the molecule is COc1ccc(CN2CCCC(C(N)=S)C2)cc1. The van der Waals surface area contributed by atoms with E-state index < -0.39 is 0 Å². The van der Waals surface area contributed by atoms with Crippen LogP contribution >= 0.6 is 12.2 Å². The zero-order chi connectivity index (χ0) is 13.0. The van der Waals surface area contributed by atoms with Gasteiger partial charge in [-0.3, -0.25) is 4.90 Å². The van der Waals surface area contributed by atoms with E-state index in [2.05, 4.69) is 17.0 Å². The predicted molar refractivity (Wildman–Crippen MR) is 77.8 cm³/mol. The molecule has 0 aliphatic carbocycles. The molecule has 3 nitrogen and oxygen atoms in total. The Balaban J connectivity index is 1.93. The molecule has 1 aliphatic heterocycles. The molecule has 0 amide bonds. The molecule has 1 fully saturated rings. The molecule has 1 heterocycles. The lowest BCUT2D eigenvalue weighted by Crippen LogP contribution is -2.39. The van der Waals surface area contributed by atoms with Gasteiger partial charge in [0.05, 0.1) is 12.1 Å². The van der Waals surface area contributed by atoms with E-state index >= 15 is 0 Å². The fraction of sp³-hybridized carbons (Fsp3) is 0.500. The molecule has 0 saturated carbocycles. The Kier molecular flexibility index (Phi) is 4.55. The Labute approximate surface area is 114 Å². The van der Waals surface area contributed by atoms with Gasteiger partial charge in [-0.25, -0.2) is 0 Å². The first-order valence-electron chi connectivity index (χ1n) is 6.33. The zero-order valence-electron chi connectivity index (χ0n) is 10.8. The van der Waals surface area contributed by atoms with E-state index in [1.165, 1.54) is 12.0 Å². The van der Waals surface area contributed by atoms with Crippen LogP contribution in [-0.4, -0.2) is 30.1 Å². The van der Waals surface area contributed by atoms with Gasteiger partial charge in [-0.15, -0.1) is 0 Å². The lowest BCUT2D eigenvalue weighted by molar-refractivity contribution is 0.197. The van der Waals surface area contributed by atoms with Crippen LogP contribution < -0.4 is 10.5 Å². The average Bonchev–Trinajstić information content (AvgIpc) is 2.40. The van der Waals surface area contributed by atoms with E-state index in [9.17, 15) is 0 Å². The van der Waals surface area contributed by atoms with Crippen LogP contribution in [0.25, 0.3) is 0 Å². The highest BCUT2D eigenvalue weighted by molar-refractivity contribution is 7.80. The molecule has 2 rings (SSSR count). The molecule has 0 radical (unpaired) electrons. The number of methoxy groups -OCH3 is 1. The lowest BCUT2D eigenvalue weighted by atomic mass is 9.97. The van der Waals surface area contributed by atoms with Crippen LogP contribution in [0.15, 0.2) is 24.3 Å². The summed E-state index contributed by atoms with van der Waals surface area (Å²) in [6, 6.07) is 8.24. The Morgan fingerprint density at radius 3 is 2.78 bits per heavy atom. The van der Waals surface area contributed by atoms with Crippen LogP contribution in [0, 0.1) is 5.92 Å². The quantitative estimate of drug-likeness (QED) is 0.846. The maximum atomic E-state index is 5.75. The van der Waals surface area contributed by atoms with Gasteiger partial charge in [-0.05, 0) is 37.1 Å². The first kappa shape index (κ1) is 13.3. The lowest BCUT2D eigenvalue weighted by Gasteiger charge is -2.32. The summed E-state index contributed by atoms with van der Waals surface area (Å²) in [5, 5.41) is 0. The van der Waals surface area contributed by atoms with Gasteiger partial charge in [-0.1, -0.05) is 24.4 Å². The second kappa shape index (κ2) is 6.16. The highest BCUT2D eigenvalue weighted by atomic mass is 32.1. The molecule has 0 aromatic heterocycles. The van der Waals surface area contributed by atoms with Gasteiger partial charge in [0.2, 0.25) is 0 Å². The van der Waals surface area contributed by atoms with Crippen molar-refractivity contribution >= 4 is 17.2 Å². The molecule has 1 saturated heterocycles. The highest BCUT2D eigenvalue weighted by Gasteiger charge is 2.21. The minimum Gasteiger partial charge on any atom is -0.497 e. The van der Waals surface area contributed by atoms with Crippen LogP contribution in [-0.2, 0) is 6.54 Å². The van der Waals surface area contributed by atoms with E-state index in [1.807, 2.05) is 12.1 Å². The maximum absolute atomic E-state index is 5.75. The van der Waals surface area contributed by atoms with Crippen LogP contribution in [0.4, 0.5) is 0 Å². The molecule has 1 aromatic rings. The Bertz CT molecular complexity index is 405. The third-order valence-electron chi connectivity index (χ3n) is 3.47. The summed E-state index contributed by atoms with van der Waals surface area (Å²) in [5.41, 5.74) is 7.05. The van der Waals surface area contributed by atoms with Gasteiger partial charge in [0, 0.05) is 19.0 Å². The molecule has 18 heavy (non-hydrogen) atoms. The largest absolute Gasteiger partial charge is 0.497 e. The van der Waals surface area contributed by atoms with Gasteiger partial charge >= 0.3 is 0 Å². The zero-order valence-corrected chi connectivity index (χ0v) is 11.6. The van der Waals surface area contributed by atoms with Crippen molar-refractivity contribution in [1.29, 1.82) is 0 Å². The summed E-state index contributed by atoms with van der Waals surface area (Å²) >= 11 is 5.10. The van der Waals surface area contributed by atoms with Crippen molar-refractivity contribution in [3.05, 3.63) is 29.8 Å². The number of hydrogen-bond acceptors (Lipinski definition) is 3. The fourth-order valence-corrected chi connectivity index (χ4v) is 2.61. The number of rotatable bonds is 4. The van der Waals surface area contributed by atoms with E-state index in [-0.39, 0.29) is 0 Å². The first-order chi connectivity index (χ1) is 8.69. The van der Waals surface area contributed by atoms with Crippen molar-refractivity contribution < 1.29 is 4.74 Å². The van der Waals surface area contributed by atoms with Gasteiger partial charge < -0.3 is 10.5 Å². The summed E-state index contributed by atoms with van der Waals surface area (Å²) < 4.78 is 5.16. The van der Waals surface area contributed by atoms with Crippen molar-refractivity contribution in [2.45, 2.75) is 19.4 Å². The smallest absolute Gasteiger partial charge is 0.118 e. The van der Waals surface area contributed by atoms with Crippen LogP contribution in [0.2, 0.25) is 0 Å². The highest BCUT2D eigenvalue weighted by Crippen LogP contribution is 2.20. The van der Waals surface area contributed by atoms with Gasteiger partial charge in [0.15, 0.2) is 0 Å². The third-order valence-corrected chi connectivity index (χ3v) is 3.81. The van der Waals surface area contributed by atoms with Crippen molar-refractivity contribution in [3.63, 3.8) is 0 Å². The van der Waals surface area contributed by atoms with Crippen molar-refractivity contribution in [2.75, 3.05) is 20.2 Å². The molecular weight excluding hydrogens is 244 g/mol. The van der Waals surface area contributed by atoms with Gasteiger partial charge in [-0.2, -0.15) is 0 Å². The molecule has 2 N–H and O–H groups in total. The summed E-state index contributed by atoms with van der Waals surface area (Å²) in [6.07, 6.45) is 2.31. The van der Waals surface area contributed by atoms with E-state index in [0.717, 1.165) is 31.8 Å². The summed E-state index contributed by atoms with van der Waals surface area (Å²) in [6.45, 7) is 3.08. The second-order valence-corrected chi connectivity index (χ2v) is 5.30. The molecule has 1 aromatic carbocycles. The topological polar surface area (TPSA) is 38.5 Å². The summed E-state index contributed by atoms with van der Waals surface area (Å²) in [4.78, 5) is 3.09. The molecule has 0 spiro atoms. The molecule has 1 atom stereocenters. The predicted octanol–water partition coefficient (Wildman–Crippen LogP) is 2.19. The molecular formula is C14H20N2OS. The number of benzene rings is 1. The second-order valence-electron chi connectivity index (χ2n) is 4.82. The van der Waals surface area contributed by atoms with Gasteiger partial charge in [0.25, 0.3) is 0 Å². The minimum atomic E-state index is 0.381. The van der Waals surface area contributed by atoms with Crippen LogP contribution in [0.3, 0.4) is 0 Å². The Hall–Kier alpha value is -1.13. The van der Waals surface area contributed by atoms with Crippen LogP contribution in [0.5, 0.6) is 5.75 Å². The van der Waals surface area contributed by atoms with E-state index in [0.29, 0.717) is 10.9 Å². The van der Waals surface area contributed by atoms with Gasteiger partial charge in [0.1, 0.15) is 5.75 Å². The Morgan fingerprint density at radius 2 is 2.17 bits per heavy atom. The maximum Gasteiger partial charge on any atom is 0.118 e. The molecule has 1 unspecified atom stereocenters. The number of thiocarbonyl (C=S) groups is 1. The third kappa shape index (κ3) is 3.43. The molecule has 98 valence electrons. The number of hydrogen-bond donors (Lipinski definition) is 1. The van der Waals surface area contributed by atoms with Crippen LogP contribution in [0.1, 0.15) is 18.4 Å². The summed E-state index contributed by atoms with van der Waals surface area (Å²) in [5.74, 6) is 1.28. The van der Waals surface area contributed by atoms with E-state index in [4.69, 9.17) is 22.7 Å². The standard InChI is InChI=1S/C14H20N2OS/c1-17-13-6-4-11(5-7-13)9-16-8-2-3-12(10-16)14(15)18/h4-7,12H,2-3,8-10H2,1H3,(H2,15,18). The minimum absolute atomic E-state index is 0.381. The summed E-state index contributed by atoms with van der Waals surface area (Å²) in [7, 11) is 1.69. The Morgan fingerprint density at radius 1 is 1.44 bits per heavy atom. The van der Waals surface area contributed by atoms with Crippen molar-refractivity contribution in [1.82, 2.24) is 4.90 Å². The number of piperidine rings is 1. The first-order valence-corrected chi connectivity index (χ1v) is 6.74. The molecule has 1 aliphatic rings. The normalized spacial score (nSPS) is 20.6. The van der Waals surface area contributed by atoms with E-state index in [1.54, 1.807) is 7.11 Å². The molecule has 0 bridgehead atoms. The number of nitrogens with zero attached hydrogens (tertiary/aromatic N) is 1. The van der Waals surface area contributed by atoms with Crippen molar-refractivity contribution in [2.24, 2.45) is 11.7 Å². The monoisotopic (exact) mass is 264 g/mol. The fourth-order valence-electron chi connectivity index (χ4n) is 2.42. The molecule has 4 heteroatoms.